The van der Waals surface area contributed by atoms with Crippen molar-refractivity contribution in [2.24, 2.45) is 0 Å². The average molecular weight is 259 g/mol. The summed E-state index contributed by atoms with van der Waals surface area (Å²) >= 11 is 0. The molecule has 2 radical (unpaired) electrons. The van der Waals surface area contributed by atoms with Gasteiger partial charge >= 0.3 is 0 Å². The summed E-state index contributed by atoms with van der Waals surface area (Å²) in [6.45, 7) is 0. The van der Waals surface area contributed by atoms with Crippen molar-refractivity contribution >= 4 is 24.5 Å². The second kappa shape index (κ2) is 4.70. The van der Waals surface area contributed by atoms with Crippen LogP contribution in [0.4, 0.5) is 5.69 Å². The number of anilines is 1. The van der Waals surface area contributed by atoms with Crippen LogP contribution in [0.5, 0.6) is 0 Å². The predicted molar refractivity (Wildman–Crippen MR) is 78.1 cm³/mol. The third-order valence-corrected chi connectivity index (χ3v) is 3.10. The Morgan fingerprint density at radius 1 is 1.30 bits per heavy atom. The van der Waals surface area contributed by atoms with Gasteiger partial charge in [0, 0.05) is 18.9 Å². The predicted octanol–water partition coefficient (Wildman–Crippen LogP) is 1.10. The van der Waals surface area contributed by atoms with Crippen LogP contribution in [0.25, 0.3) is 16.9 Å². The highest BCUT2D eigenvalue weighted by Gasteiger charge is 2.09. The van der Waals surface area contributed by atoms with E-state index in [9.17, 15) is 0 Å². The third-order valence-electron chi connectivity index (χ3n) is 3.10. The molecule has 0 bridgehead atoms. The van der Waals surface area contributed by atoms with Gasteiger partial charge in [-0.3, -0.25) is 4.98 Å². The molecule has 6 heteroatoms. The van der Waals surface area contributed by atoms with Gasteiger partial charge < -0.3 is 5.32 Å². The Labute approximate surface area is 117 Å². The first-order valence-electron chi connectivity index (χ1n) is 6.04. The lowest BCUT2D eigenvalue weighted by atomic mass is 9.96. The van der Waals surface area contributed by atoms with E-state index >= 15 is 0 Å². The van der Waals surface area contributed by atoms with Gasteiger partial charge in [-0.25, -0.2) is 4.52 Å². The molecule has 3 rings (SSSR count). The Morgan fingerprint density at radius 2 is 2.15 bits per heavy atom. The topological polar surface area (TPSA) is 66.0 Å². The zero-order chi connectivity index (χ0) is 14.1. The zero-order valence-electron chi connectivity index (χ0n) is 10.8. The number of nitriles is 1. The molecule has 0 atom stereocenters. The summed E-state index contributed by atoms with van der Waals surface area (Å²) in [7, 11) is 7.63. The molecular formula is C14H10BN5. The molecular weight excluding hydrogens is 249 g/mol. The molecule has 3 aromatic rings. The van der Waals surface area contributed by atoms with Gasteiger partial charge in [0.25, 0.3) is 0 Å². The Hall–Kier alpha value is -2.81. The lowest BCUT2D eigenvalue weighted by molar-refractivity contribution is 0.940. The number of nitrogens with one attached hydrogen (secondary N) is 1. The maximum Gasteiger partial charge on any atom is 0.118 e. The maximum atomic E-state index is 8.89. The number of hydrogen-bond acceptors (Lipinski definition) is 4. The number of aromatic nitrogens is 3. The number of pyridine rings is 1. The molecule has 0 aliphatic rings. The van der Waals surface area contributed by atoms with Crippen LogP contribution in [0.2, 0.25) is 0 Å². The minimum absolute atomic E-state index is 0.531. The van der Waals surface area contributed by atoms with Crippen LogP contribution in [0.1, 0.15) is 5.56 Å². The molecule has 0 saturated heterocycles. The van der Waals surface area contributed by atoms with Gasteiger partial charge in [-0.15, -0.1) is 0 Å². The van der Waals surface area contributed by atoms with E-state index in [-0.39, 0.29) is 0 Å². The first-order valence-corrected chi connectivity index (χ1v) is 6.04. The van der Waals surface area contributed by atoms with Gasteiger partial charge in [-0.05, 0) is 24.3 Å². The molecule has 3 heterocycles. The van der Waals surface area contributed by atoms with Crippen molar-refractivity contribution in [1.82, 2.24) is 14.6 Å². The Kier molecular flexibility index (Phi) is 2.88. The quantitative estimate of drug-likeness (QED) is 0.700. The van der Waals surface area contributed by atoms with E-state index in [0.29, 0.717) is 11.0 Å². The first kappa shape index (κ1) is 12.2. The zero-order valence-corrected chi connectivity index (χ0v) is 10.8. The summed E-state index contributed by atoms with van der Waals surface area (Å²) in [5.41, 5.74) is 4.41. The van der Waals surface area contributed by atoms with E-state index < -0.39 is 0 Å². The van der Waals surface area contributed by atoms with Crippen molar-refractivity contribution in [2.75, 3.05) is 12.4 Å². The van der Waals surface area contributed by atoms with Gasteiger partial charge in [0.1, 0.15) is 13.9 Å². The smallest absolute Gasteiger partial charge is 0.118 e. The van der Waals surface area contributed by atoms with E-state index in [1.165, 1.54) is 6.20 Å². The molecule has 3 aromatic heterocycles. The summed E-state index contributed by atoms with van der Waals surface area (Å²) in [5.74, 6) is 0. The lowest BCUT2D eigenvalue weighted by Crippen LogP contribution is -2.11. The van der Waals surface area contributed by atoms with E-state index in [1.54, 1.807) is 16.8 Å². The van der Waals surface area contributed by atoms with Crippen LogP contribution in [-0.4, -0.2) is 29.5 Å². The fraction of sp³-hybridized carbons (Fsp3) is 0.0714. The monoisotopic (exact) mass is 259 g/mol. The van der Waals surface area contributed by atoms with Crippen molar-refractivity contribution in [3.8, 4) is 17.5 Å². The second-order valence-corrected chi connectivity index (χ2v) is 4.32. The second-order valence-electron chi connectivity index (χ2n) is 4.32. The molecule has 0 aliphatic carbocycles. The molecule has 0 spiro atoms. The van der Waals surface area contributed by atoms with Gasteiger partial charge in [0.2, 0.25) is 0 Å². The van der Waals surface area contributed by atoms with Gasteiger partial charge in [0.15, 0.2) is 0 Å². The highest BCUT2D eigenvalue weighted by atomic mass is 15.2. The molecule has 0 unspecified atom stereocenters. The van der Waals surface area contributed by atoms with Crippen LogP contribution in [0, 0.1) is 11.3 Å². The largest absolute Gasteiger partial charge is 0.388 e. The van der Waals surface area contributed by atoms with Crippen molar-refractivity contribution in [3.05, 3.63) is 42.2 Å². The van der Waals surface area contributed by atoms with Crippen LogP contribution >= 0.6 is 0 Å². The minimum atomic E-state index is 0.531. The number of hydrogen-bond donors (Lipinski definition) is 1. The third kappa shape index (κ3) is 1.90. The van der Waals surface area contributed by atoms with E-state index in [2.05, 4.69) is 21.5 Å². The summed E-state index contributed by atoms with van der Waals surface area (Å²) in [6, 6.07) is 9.55. The van der Waals surface area contributed by atoms with E-state index in [1.807, 2.05) is 25.2 Å². The van der Waals surface area contributed by atoms with Crippen LogP contribution in [0.15, 0.2) is 36.7 Å². The van der Waals surface area contributed by atoms with Gasteiger partial charge in [0.05, 0.1) is 28.7 Å². The maximum absolute atomic E-state index is 8.89. The standard InChI is InChI=1S/C14H10BN5/c1-17-12-5-13(18-8-11(12)15)14-3-2-10-4-9(6-16)7-19-20(10)14/h2-5,7-8H,1H3,(H,17,18). The lowest BCUT2D eigenvalue weighted by Gasteiger charge is -2.08. The number of fused-ring (bicyclic) bond motifs is 1. The van der Waals surface area contributed by atoms with Crippen LogP contribution in [0.3, 0.4) is 0 Å². The van der Waals surface area contributed by atoms with E-state index in [4.69, 9.17) is 13.1 Å². The number of nitrogens with zero attached hydrogens (tertiary/aromatic N) is 4. The number of rotatable bonds is 2. The molecule has 5 nitrogen and oxygen atoms in total. The highest BCUT2D eigenvalue weighted by Crippen LogP contribution is 2.21. The molecule has 0 fully saturated rings. The normalized spacial score (nSPS) is 10.4. The van der Waals surface area contributed by atoms with Gasteiger partial charge in [-0.1, -0.05) is 5.46 Å². The minimum Gasteiger partial charge on any atom is -0.388 e. The summed E-state index contributed by atoms with van der Waals surface area (Å²) in [4.78, 5) is 4.33. The Morgan fingerprint density at radius 3 is 2.90 bits per heavy atom. The van der Waals surface area contributed by atoms with E-state index in [0.717, 1.165) is 22.6 Å². The van der Waals surface area contributed by atoms with Crippen molar-refractivity contribution in [3.63, 3.8) is 0 Å². The fourth-order valence-corrected chi connectivity index (χ4v) is 2.08. The van der Waals surface area contributed by atoms with Crippen molar-refractivity contribution in [1.29, 1.82) is 5.26 Å². The van der Waals surface area contributed by atoms with Gasteiger partial charge in [-0.2, -0.15) is 10.4 Å². The molecule has 1 N–H and O–H groups in total. The van der Waals surface area contributed by atoms with Crippen LogP contribution in [-0.2, 0) is 0 Å². The summed E-state index contributed by atoms with van der Waals surface area (Å²) < 4.78 is 1.75. The molecule has 20 heavy (non-hydrogen) atoms. The molecule has 0 amide bonds. The van der Waals surface area contributed by atoms with Crippen molar-refractivity contribution in [2.45, 2.75) is 0 Å². The molecule has 0 saturated carbocycles. The first-order chi connectivity index (χ1) is 9.72. The SMILES string of the molecule is [B]c1cnc(-c2ccc3cc(C#N)cnn23)cc1NC. The average Bonchev–Trinajstić information content (AvgIpc) is 2.90. The summed E-state index contributed by atoms with van der Waals surface area (Å²) in [6.07, 6.45) is 3.15. The molecule has 0 aromatic carbocycles. The fourth-order valence-electron chi connectivity index (χ4n) is 2.08. The summed E-state index contributed by atoms with van der Waals surface area (Å²) in [5, 5.41) is 16.2. The Bertz CT molecular complexity index is 831. The molecule has 94 valence electrons. The Balaban J connectivity index is 2.18. The molecule has 0 aliphatic heterocycles. The van der Waals surface area contributed by atoms with Crippen molar-refractivity contribution < 1.29 is 0 Å². The van der Waals surface area contributed by atoms with Crippen LogP contribution < -0.4 is 10.8 Å². The highest BCUT2D eigenvalue weighted by molar-refractivity contribution is 6.35.